The summed E-state index contributed by atoms with van der Waals surface area (Å²) in [6, 6.07) is 3.32. The number of nitrogens with one attached hydrogen (secondary N) is 1. The molecule has 17 heavy (non-hydrogen) atoms. The minimum Gasteiger partial charge on any atom is -0.497 e. The highest BCUT2D eigenvalue weighted by atomic mass is 19.1. The maximum Gasteiger partial charge on any atom is 0.326 e. The van der Waals surface area contributed by atoms with Gasteiger partial charge in [-0.3, -0.25) is 0 Å². The third-order valence-electron chi connectivity index (χ3n) is 2.42. The Hall–Kier alpha value is -1.78. The van der Waals surface area contributed by atoms with Crippen molar-refractivity contribution in [2.75, 3.05) is 12.4 Å². The zero-order valence-electron chi connectivity index (χ0n) is 10.0. The molecule has 1 unspecified atom stereocenters. The Morgan fingerprint density at radius 3 is 2.59 bits per heavy atom. The van der Waals surface area contributed by atoms with Crippen LogP contribution in [0.1, 0.15) is 13.8 Å². The minimum absolute atomic E-state index is 0.130. The molecule has 1 aromatic carbocycles. The Morgan fingerprint density at radius 1 is 1.47 bits per heavy atom. The van der Waals surface area contributed by atoms with Crippen LogP contribution in [-0.4, -0.2) is 24.2 Å². The molecule has 1 atom stereocenters. The quantitative estimate of drug-likeness (QED) is 0.830. The van der Waals surface area contributed by atoms with Crippen molar-refractivity contribution in [1.29, 1.82) is 0 Å². The van der Waals surface area contributed by atoms with Gasteiger partial charge in [0.25, 0.3) is 0 Å². The van der Waals surface area contributed by atoms with E-state index in [1.807, 2.05) is 0 Å². The summed E-state index contributed by atoms with van der Waals surface area (Å²) >= 11 is 0. The zero-order valence-corrected chi connectivity index (χ0v) is 10.0. The number of methoxy groups -OCH3 is 1. The summed E-state index contributed by atoms with van der Waals surface area (Å²) in [5.41, 5.74) is 0.130. The maximum atomic E-state index is 13.5. The van der Waals surface area contributed by atoms with Gasteiger partial charge in [-0.15, -0.1) is 0 Å². The molecule has 0 aliphatic carbocycles. The van der Waals surface area contributed by atoms with Gasteiger partial charge < -0.3 is 15.2 Å². The van der Waals surface area contributed by atoms with Crippen molar-refractivity contribution in [2.45, 2.75) is 19.9 Å². The van der Waals surface area contributed by atoms with E-state index in [-0.39, 0.29) is 11.6 Å². The van der Waals surface area contributed by atoms with E-state index in [0.717, 1.165) is 0 Å². The molecule has 0 aliphatic rings. The molecule has 0 heterocycles. The lowest BCUT2D eigenvalue weighted by Gasteiger charge is -2.19. The molecule has 1 aromatic rings. The molecule has 0 spiro atoms. The SMILES string of the molecule is COc1ccc(F)c(NC(C(=O)O)C(C)C)c1. The third-order valence-corrected chi connectivity index (χ3v) is 2.42. The molecule has 0 radical (unpaired) electrons. The summed E-state index contributed by atoms with van der Waals surface area (Å²) in [6.07, 6.45) is 0. The molecule has 2 N–H and O–H groups in total. The fourth-order valence-corrected chi connectivity index (χ4v) is 1.42. The largest absolute Gasteiger partial charge is 0.497 e. The van der Waals surface area contributed by atoms with Crippen LogP contribution in [0.4, 0.5) is 10.1 Å². The van der Waals surface area contributed by atoms with Crippen molar-refractivity contribution in [1.82, 2.24) is 0 Å². The van der Waals surface area contributed by atoms with Crippen molar-refractivity contribution >= 4 is 11.7 Å². The molecule has 1 rings (SSSR count). The number of carboxylic acids is 1. The van der Waals surface area contributed by atoms with Gasteiger partial charge in [0.05, 0.1) is 12.8 Å². The summed E-state index contributed by atoms with van der Waals surface area (Å²) in [5.74, 6) is -1.19. The number of benzene rings is 1. The van der Waals surface area contributed by atoms with Gasteiger partial charge in [0, 0.05) is 6.07 Å². The smallest absolute Gasteiger partial charge is 0.326 e. The maximum absolute atomic E-state index is 13.5. The van der Waals surface area contributed by atoms with Crippen molar-refractivity contribution in [3.05, 3.63) is 24.0 Å². The van der Waals surface area contributed by atoms with Crippen molar-refractivity contribution in [3.8, 4) is 5.75 Å². The molecular weight excluding hydrogens is 225 g/mol. The fourth-order valence-electron chi connectivity index (χ4n) is 1.42. The molecule has 0 bridgehead atoms. The normalized spacial score (nSPS) is 12.3. The Balaban J connectivity index is 2.96. The summed E-state index contributed by atoms with van der Waals surface area (Å²) in [4.78, 5) is 11.0. The second-order valence-electron chi connectivity index (χ2n) is 4.05. The van der Waals surface area contributed by atoms with E-state index >= 15 is 0 Å². The highest BCUT2D eigenvalue weighted by molar-refractivity contribution is 5.77. The second kappa shape index (κ2) is 5.52. The van der Waals surface area contributed by atoms with Crippen LogP contribution in [0.2, 0.25) is 0 Å². The number of ether oxygens (including phenoxy) is 1. The highest BCUT2D eigenvalue weighted by Gasteiger charge is 2.22. The Bertz CT molecular complexity index is 407. The van der Waals surface area contributed by atoms with E-state index in [4.69, 9.17) is 9.84 Å². The Labute approximate surface area is 99.4 Å². The number of hydrogen-bond donors (Lipinski definition) is 2. The number of carboxylic acid groups (broad SMARTS) is 1. The van der Waals surface area contributed by atoms with Crippen molar-refractivity contribution in [3.63, 3.8) is 0 Å². The topological polar surface area (TPSA) is 58.6 Å². The van der Waals surface area contributed by atoms with Crippen LogP contribution >= 0.6 is 0 Å². The van der Waals surface area contributed by atoms with Gasteiger partial charge in [0.15, 0.2) is 0 Å². The van der Waals surface area contributed by atoms with Crippen LogP contribution in [0.3, 0.4) is 0 Å². The van der Waals surface area contributed by atoms with E-state index < -0.39 is 17.8 Å². The molecule has 5 heteroatoms. The monoisotopic (exact) mass is 241 g/mol. The number of rotatable bonds is 5. The molecule has 0 aromatic heterocycles. The number of halogens is 1. The fraction of sp³-hybridized carbons (Fsp3) is 0.417. The van der Waals surface area contributed by atoms with Crippen molar-refractivity contribution < 1.29 is 19.0 Å². The van der Waals surface area contributed by atoms with Crippen LogP contribution in [0.15, 0.2) is 18.2 Å². The van der Waals surface area contributed by atoms with Crippen LogP contribution in [-0.2, 0) is 4.79 Å². The first-order chi connectivity index (χ1) is 7.95. The van der Waals surface area contributed by atoms with Gasteiger partial charge in [-0.1, -0.05) is 13.8 Å². The molecule has 0 aliphatic heterocycles. The average Bonchev–Trinajstić information content (AvgIpc) is 2.27. The lowest BCUT2D eigenvalue weighted by atomic mass is 10.0. The lowest BCUT2D eigenvalue weighted by Crippen LogP contribution is -2.34. The zero-order chi connectivity index (χ0) is 13.0. The van der Waals surface area contributed by atoms with Crippen LogP contribution < -0.4 is 10.1 Å². The predicted octanol–water partition coefficient (Wildman–Crippen LogP) is 2.36. The summed E-state index contributed by atoms with van der Waals surface area (Å²) in [7, 11) is 1.47. The van der Waals surface area contributed by atoms with Gasteiger partial charge in [-0.05, 0) is 18.1 Å². The van der Waals surface area contributed by atoms with Gasteiger partial charge in [-0.25, -0.2) is 9.18 Å². The average molecular weight is 241 g/mol. The molecule has 94 valence electrons. The second-order valence-corrected chi connectivity index (χ2v) is 4.05. The first-order valence-corrected chi connectivity index (χ1v) is 5.28. The first-order valence-electron chi connectivity index (χ1n) is 5.28. The lowest BCUT2D eigenvalue weighted by molar-refractivity contribution is -0.138. The number of aliphatic carboxylic acids is 1. The van der Waals surface area contributed by atoms with Gasteiger partial charge in [-0.2, -0.15) is 0 Å². The van der Waals surface area contributed by atoms with E-state index in [1.165, 1.54) is 25.3 Å². The van der Waals surface area contributed by atoms with E-state index in [0.29, 0.717) is 5.75 Å². The van der Waals surface area contributed by atoms with Crippen molar-refractivity contribution in [2.24, 2.45) is 5.92 Å². The van der Waals surface area contributed by atoms with Crippen LogP contribution in [0, 0.1) is 11.7 Å². The van der Waals surface area contributed by atoms with Gasteiger partial charge in [0.2, 0.25) is 0 Å². The third kappa shape index (κ3) is 3.34. The summed E-state index contributed by atoms with van der Waals surface area (Å²) in [6.45, 7) is 3.51. The molecule has 0 saturated heterocycles. The van der Waals surface area contributed by atoms with Gasteiger partial charge in [0.1, 0.15) is 17.6 Å². The van der Waals surface area contributed by atoms with E-state index in [9.17, 15) is 9.18 Å². The van der Waals surface area contributed by atoms with E-state index in [1.54, 1.807) is 13.8 Å². The van der Waals surface area contributed by atoms with Crippen LogP contribution in [0.25, 0.3) is 0 Å². The van der Waals surface area contributed by atoms with Crippen LogP contribution in [0.5, 0.6) is 5.75 Å². The Kier molecular flexibility index (Phi) is 4.31. The molecule has 0 fully saturated rings. The highest BCUT2D eigenvalue weighted by Crippen LogP contribution is 2.23. The minimum atomic E-state index is -1.01. The molecule has 0 amide bonds. The van der Waals surface area contributed by atoms with Gasteiger partial charge >= 0.3 is 5.97 Å². The Morgan fingerprint density at radius 2 is 2.12 bits per heavy atom. The molecular formula is C12H16FNO3. The summed E-state index contributed by atoms with van der Waals surface area (Å²) < 4.78 is 18.4. The van der Waals surface area contributed by atoms with E-state index in [2.05, 4.69) is 5.32 Å². The number of hydrogen-bond acceptors (Lipinski definition) is 3. The predicted molar refractivity (Wildman–Crippen MR) is 62.8 cm³/mol. The number of anilines is 1. The number of carbonyl (C=O) groups is 1. The first kappa shape index (κ1) is 13.3. The molecule has 4 nitrogen and oxygen atoms in total. The standard InChI is InChI=1S/C12H16FNO3/c1-7(2)11(12(15)16)14-10-6-8(17-3)4-5-9(10)13/h4-7,11,14H,1-3H3,(H,15,16). The molecule has 0 saturated carbocycles. The summed E-state index contributed by atoms with van der Waals surface area (Å²) in [5, 5.41) is 11.7.